The Morgan fingerprint density at radius 2 is 0.912 bits per heavy atom. The first kappa shape index (κ1) is 45.0. The average Bonchev–Trinajstić information content (AvgIpc) is 3.21. The summed E-state index contributed by atoms with van der Waals surface area (Å²) < 4.78 is 42.1. The summed E-state index contributed by atoms with van der Waals surface area (Å²) in [4.78, 5) is 71.0. The standard InChI is InChI=1S/C43H48O14/c1-4-38(44)52-26-28-54-40(46)12-8-6-10-24-50-34-18-14-32(15-19-34)42(48)56-36-22-23-37(31(3)30-36)57-43(49)33-16-20-35(21-17-33)51-25-11-7-9-13-41(47)55-29-27-53-39(45)5-2/h4-5,14-23,30H,1-2,6-13,24-29H2,3H3. The third-order valence-corrected chi connectivity index (χ3v) is 7.84. The van der Waals surface area contributed by atoms with Crippen molar-refractivity contribution < 1.29 is 66.7 Å². The van der Waals surface area contributed by atoms with Crippen LogP contribution in [-0.4, -0.2) is 75.5 Å². The van der Waals surface area contributed by atoms with Gasteiger partial charge in [0.25, 0.3) is 0 Å². The lowest BCUT2D eigenvalue weighted by molar-refractivity contribution is -0.149. The van der Waals surface area contributed by atoms with Crippen LogP contribution in [0.15, 0.2) is 92.0 Å². The number of carbonyl (C=O) groups excluding carboxylic acids is 6. The fraction of sp³-hybridized carbons (Fsp3) is 0.349. The van der Waals surface area contributed by atoms with Crippen molar-refractivity contribution in [3.05, 3.63) is 109 Å². The molecule has 0 saturated heterocycles. The highest BCUT2D eigenvalue weighted by atomic mass is 16.6. The minimum absolute atomic E-state index is 0.000846. The minimum Gasteiger partial charge on any atom is -0.494 e. The summed E-state index contributed by atoms with van der Waals surface area (Å²) >= 11 is 0. The quantitative estimate of drug-likeness (QED) is 0.0271. The maximum absolute atomic E-state index is 12.8. The summed E-state index contributed by atoms with van der Waals surface area (Å²) in [5.41, 5.74) is 1.23. The zero-order valence-electron chi connectivity index (χ0n) is 32.0. The topological polar surface area (TPSA) is 176 Å². The van der Waals surface area contributed by atoms with Gasteiger partial charge in [0, 0.05) is 25.0 Å². The van der Waals surface area contributed by atoms with E-state index in [0.717, 1.165) is 25.0 Å². The van der Waals surface area contributed by atoms with Crippen LogP contribution in [0.2, 0.25) is 0 Å². The molecule has 0 saturated carbocycles. The van der Waals surface area contributed by atoms with Crippen LogP contribution in [-0.2, 0) is 38.1 Å². The molecule has 57 heavy (non-hydrogen) atoms. The van der Waals surface area contributed by atoms with Gasteiger partial charge >= 0.3 is 35.8 Å². The van der Waals surface area contributed by atoms with Gasteiger partial charge < -0.3 is 37.9 Å². The highest BCUT2D eigenvalue weighted by Gasteiger charge is 2.14. The average molecular weight is 789 g/mol. The molecule has 14 nitrogen and oxygen atoms in total. The van der Waals surface area contributed by atoms with E-state index < -0.39 is 23.9 Å². The Kier molecular flexibility index (Phi) is 20.2. The van der Waals surface area contributed by atoms with Crippen molar-refractivity contribution in [3.63, 3.8) is 0 Å². The smallest absolute Gasteiger partial charge is 0.343 e. The maximum Gasteiger partial charge on any atom is 0.343 e. The molecule has 0 aliphatic heterocycles. The second-order valence-corrected chi connectivity index (χ2v) is 12.3. The van der Waals surface area contributed by atoms with E-state index in [1.54, 1.807) is 67.6 Å². The summed E-state index contributed by atoms with van der Waals surface area (Å²) in [7, 11) is 0. The molecule has 0 aliphatic carbocycles. The molecular weight excluding hydrogens is 740 g/mol. The maximum atomic E-state index is 12.8. The molecule has 0 heterocycles. The Hall–Kier alpha value is -6.44. The molecule has 0 radical (unpaired) electrons. The van der Waals surface area contributed by atoms with Gasteiger partial charge in [0.15, 0.2) is 0 Å². The number of unbranched alkanes of at least 4 members (excludes halogenated alkanes) is 4. The highest BCUT2D eigenvalue weighted by Crippen LogP contribution is 2.26. The molecule has 0 aliphatic rings. The van der Waals surface area contributed by atoms with Crippen molar-refractivity contribution in [1.29, 1.82) is 0 Å². The van der Waals surface area contributed by atoms with Gasteiger partial charge in [-0.05, 0) is 118 Å². The molecule has 3 aromatic carbocycles. The van der Waals surface area contributed by atoms with E-state index in [0.29, 0.717) is 72.8 Å². The van der Waals surface area contributed by atoms with E-state index in [1.807, 2.05) is 0 Å². The zero-order chi connectivity index (χ0) is 41.3. The summed E-state index contributed by atoms with van der Waals surface area (Å²) in [6.07, 6.45) is 6.77. The van der Waals surface area contributed by atoms with Crippen LogP contribution < -0.4 is 18.9 Å². The van der Waals surface area contributed by atoms with Crippen molar-refractivity contribution in [3.8, 4) is 23.0 Å². The van der Waals surface area contributed by atoms with Gasteiger partial charge in [0.05, 0.1) is 24.3 Å². The molecule has 3 rings (SSSR count). The van der Waals surface area contributed by atoms with E-state index >= 15 is 0 Å². The first-order valence-corrected chi connectivity index (χ1v) is 18.5. The number of ether oxygens (including phenoxy) is 8. The lowest BCUT2D eigenvalue weighted by Crippen LogP contribution is -2.12. The zero-order valence-corrected chi connectivity index (χ0v) is 32.0. The molecule has 0 N–H and O–H groups in total. The van der Waals surface area contributed by atoms with Crippen molar-refractivity contribution in [2.45, 2.75) is 58.3 Å². The van der Waals surface area contributed by atoms with Crippen molar-refractivity contribution in [2.75, 3.05) is 39.6 Å². The van der Waals surface area contributed by atoms with E-state index in [1.165, 1.54) is 6.07 Å². The number of esters is 6. The van der Waals surface area contributed by atoms with Gasteiger partial charge in [-0.1, -0.05) is 13.2 Å². The molecule has 0 spiro atoms. The Bertz CT molecular complexity index is 1800. The van der Waals surface area contributed by atoms with Gasteiger partial charge in [0.1, 0.15) is 49.4 Å². The predicted octanol–water partition coefficient (Wildman–Crippen LogP) is 6.86. The normalized spacial score (nSPS) is 10.3. The van der Waals surface area contributed by atoms with Gasteiger partial charge in [-0.3, -0.25) is 9.59 Å². The van der Waals surface area contributed by atoms with Gasteiger partial charge in [-0.2, -0.15) is 0 Å². The SMILES string of the molecule is C=CC(=O)OCCOC(=O)CCCCCOc1ccc(C(=O)Oc2ccc(OC(=O)c3ccc(OCCCCCC(=O)OCCOC(=O)C=C)cc3)c(C)c2)cc1. The molecule has 14 heteroatoms. The molecule has 0 aromatic heterocycles. The van der Waals surface area contributed by atoms with Crippen LogP contribution in [0.1, 0.15) is 77.6 Å². The van der Waals surface area contributed by atoms with E-state index in [9.17, 15) is 28.8 Å². The molecule has 3 aromatic rings. The van der Waals surface area contributed by atoms with Crippen LogP contribution >= 0.6 is 0 Å². The van der Waals surface area contributed by atoms with Crippen molar-refractivity contribution in [2.24, 2.45) is 0 Å². The second-order valence-electron chi connectivity index (χ2n) is 12.3. The monoisotopic (exact) mass is 788 g/mol. The molecule has 0 amide bonds. The Balaban J connectivity index is 1.30. The third-order valence-electron chi connectivity index (χ3n) is 7.84. The fourth-order valence-corrected chi connectivity index (χ4v) is 4.83. The van der Waals surface area contributed by atoms with Crippen LogP contribution in [0.4, 0.5) is 0 Å². The molecule has 304 valence electrons. The fourth-order valence-electron chi connectivity index (χ4n) is 4.83. The molecule has 0 atom stereocenters. The lowest BCUT2D eigenvalue weighted by atomic mass is 10.2. The molecule has 0 bridgehead atoms. The van der Waals surface area contributed by atoms with Crippen LogP contribution in [0, 0.1) is 6.92 Å². The minimum atomic E-state index is -0.569. The Morgan fingerprint density at radius 1 is 0.491 bits per heavy atom. The Morgan fingerprint density at radius 3 is 1.35 bits per heavy atom. The summed E-state index contributed by atoms with van der Waals surface area (Å²) in [6.45, 7) is 9.13. The van der Waals surface area contributed by atoms with Gasteiger partial charge in [-0.15, -0.1) is 0 Å². The highest BCUT2D eigenvalue weighted by molar-refractivity contribution is 5.92. The lowest BCUT2D eigenvalue weighted by Gasteiger charge is -2.11. The second kappa shape index (κ2) is 25.6. The summed E-state index contributed by atoms with van der Waals surface area (Å²) in [6, 6.07) is 17.8. The molecular formula is C43H48O14. The number of hydrogen-bond donors (Lipinski definition) is 0. The van der Waals surface area contributed by atoms with Crippen LogP contribution in [0.25, 0.3) is 0 Å². The largest absolute Gasteiger partial charge is 0.494 e. The van der Waals surface area contributed by atoms with Crippen LogP contribution in [0.5, 0.6) is 23.0 Å². The molecule has 0 unspecified atom stereocenters. The first-order chi connectivity index (χ1) is 27.6. The van der Waals surface area contributed by atoms with E-state index in [4.69, 9.17) is 37.9 Å². The number of hydrogen-bond acceptors (Lipinski definition) is 14. The summed E-state index contributed by atoms with van der Waals surface area (Å²) in [5, 5.41) is 0. The number of benzene rings is 3. The van der Waals surface area contributed by atoms with Crippen LogP contribution in [0.3, 0.4) is 0 Å². The van der Waals surface area contributed by atoms with Gasteiger partial charge in [0.2, 0.25) is 0 Å². The molecule has 0 fully saturated rings. The predicted molar refractivity (Wildman–Crippen MR) is 206 cm³/mol. The van der Waals surface area contributed by atoms with E-state index in [2.05, 4.69) is 13.2 Å². The number of carbonyl (C=O) groups is 6. The number of rotatable bonds is 26. The summed E-state index contributed by atoms with van der Waals surface area (Å²) in [5.74, 6) is -1.24. The number of aryl methyl sites for hydroxylation is 1. The first-order valence-electron chi connectivity index (χ1n) is 18.5. The van der Waals surface area contributed by atoms with E-state index in [-0.39, 0.29) is 57.0 Å². The third kappa shape index (κ3) is 18.2. The van der Waals surface area contributed by atoms with Crippen molar-refractivity contribution in [1.82, 2.24) is 0 Å². The Labute approximate surface area is 331 Å². The van der Waals surface area contributed by atoms with Crippen molar-refractivity contribution >= 4 is 35.8 Å². The van der Waals surface area contributed by atoms with Gasteiger partial charge in [-0.25, -0.2) is 19.2 Å².